The third-order valence-electron chi connectivity index (χ3n) is 3.50. The molecule has 5 nitrogen and oxygen atoms in total. The SMILES string of the molecule is O=C(O)[C@H]1C[C@@H](O)CN1C(=O)CCc1ccc(F)c(F)c1. The number of carbonyl (C=O) groups excluding carboxylic acids is 1. The molecule has 2 atom stereocenters. The molecule has 1 saturated heterocycles. The summed E-state index contributed by atoms with van der Waals surface area (Å²) in [4.78, 5) is 24.2. The van der Waals surface area contributed by atoms with Crippen molar-refractivity contribution in [1.29, 1.82) is 0 Å². The summed E-state index contributed by atoms with van der Waals surface area (Å²) in [5, 5.41) is 18.5. The number of benzene rings is 1. The number of hydrogen-bond donors (Lipinski definition) is 2. The van der Waals surface area contributed by atoms with Crippen LogP contribution in [0.4, 0.5) is 8.78 Å². The van der Waals surface area contributed by atoms with Crippen molar-refractivity contribution in [3.05, 3.63) is 35.4 Å². The number of aryl methyl sites for hydroxylation is 1. The number of β-amino-alcohol motifs (C(OH)–C–C–N with tert-alkyl or cyclic N) is 1. The van der Waals surface area contributed by atoms with Crippen molar-refractivity contribution in [2.24, 2.45) is 0 Å². The molecule has 1 aliphatic heterocycles. The maximum absolute atomic E-state index is 13.0. The second-order valence-corrected chi connectivity index (χ2v) is 5.04. The van der Waals surface area contributed by atoms with Crippen molar-refractivity contribution >= 4 is 11.9 Å². The Hall–Kier alpha value is -2.02. The molecule has 1 amide bonds. The molecule has 2 N–H and O–H groups in total. The van der Waals surface area contributed by atoms with Gasteiger partial charge in [0.15, 0.2) is 11.6 Å². The van der Waals surface area contributed by atoms with E-state index >= 15 is 0 Å². The predicted molar refractivity (Wildman–Crippen MR) is 68.4 cm³/mol. The van der Waals surface area contributed by atoms with Crippen molar-refractivity contribution in [2.45, 2.75) is 31.4 Å². The number of carbonyl (C=O) groups is 2. The van der Waals surface area contributed by atoms with Crippen LogP contribution >= 0.6 is 0 Å². The lowest BCUT2D eigenvalue weighted by molar-refractivity contribution is -0.148. The zero-order valence-corrected chi connectivity index (χ0v) is 11.1. The molecule has 0 unspecified atom stereocenters. The van der Waals surface area contributed by atoms with E-state index in [-0.39, 0.29) is 25.8 Å². The summed E-state index contributed by atoms with van der Waals surface area (Å²) < 4.78 is 25.8. The van der Waals surface area contributed by atoms with Gasteiger partial charge in [-0.3, -0.25) is 4.79 Å². The first-order valence-electron chi connectivity index (χ1n) is 6.52. The second-order valence-electron chi connectivity index (χ2n) is 5.04. The van der Waals surface area contributed by atoms with Gasteiger partial charge < -0.3 is 15.1 Å². The van der Waals surface area contributed by atoms with E-state index in [1.807, 2.05) is 0 Å². The number of aliphatic carboxylic acids is 1. The Morgan fingerprint density at radius 2 is 2.00 bits per heavy atom. The van der Waals surface area contributed by atoms with Crippen molar-refractivity contribution < 1.29 is 28.6 Å². The maximum Gasteiger partial charge on any atom is 0.326 e. The molecule has 1 fully saturated rings. The number of nitrogens with zero attached hydrogens (tertiary/aromatic N) is 1. The highest BCUT2D eigenvalue weighted by Crippen LogP contribution is 2.20. The molecule has 0 saturated carbocycles. The van der Waals surface area contributed by atoms with Crippen molar-refractivity contribution in [3.8, 4) is 0 Å². The van der Waals surface area contributed by atoms with Crippen LogP contribution < -0.4 is 0 Å². The van der Waals surface area contributed by atoms with Gasteiger partial charge in [0.2, 0.25) is 5.91 Å². The fourth-order valence-corrected chi connectivity index (χ4v) is 2.41. The van der Waals surface area contributed by atoms with Gasteiger partial charge in [-0.25, -0.2) is 13.6 Å². The topological polar surface area (TPSA) is 77.8 Å². The Balaban J connectivity index is 1.97. The smallest absolute Gasteiger partial charge is 0.326 e. The van der Waals surface area contributed by atoms with Crippen LogP contribution in [-0.4, -0.2) is 45.7 Å². The minimum absolute atomic E-state index is 0.00620. The molecule has 1 aliphatic rings. The van der Waals surface area contributed by atoms with Gasteiger partial charge in [-0.2, -0.15) is 0 Å². The van der Waals surface area contributed by atoms with E-state index in [1.54, 1.807) is 0 Å². The monoisotopic (exact) mass is 299 g/mol. The van der Waals surface area contributed by atoms with Gasteiger partial charge in [0.25, 0.3) is 0 Å². The number of carboxylic acids is 1. The van der Waals surface area contributed by atoms with E-state index in [0.717, 1.165) is 17.0 Å². The van der Waals surface area contributed by atoms with Crippen LogP contribution in [0.1, 0.15) is 18.4 Å². The lowest BCUT2D eigenvalue weighted by Gasteiger charge is -2.21. The van der Waals surface area contributed by atoms with Crippen LogP contribution in [0.25, 0.3) is 0 Å². The molecule has 7 heteroatoms. The summed E-state index contributed by atoms with van der Waals surface area (Å²) in [6, 6.07) is 2.34. The van der Waals surface area contributed by atoms with E-state index in [0.29, 0.717) is 5.56 Å². The van der Waals surface area contributed by atoms with Crippen LogP contribution in [0.15, 0.2) is 18.2 Å². The molecule has 114 valence electrons. The van der Waals surface area contributed by atoms with Gasteiger partial charge in [-0.1, -0.05) is 6.07 Å². The first-order valence-corrected chi connectivity index (χ1v) is 6.52. The minimum atomic E-state index is -1.16. The lowest BCUT2D eigenvalue weighted by atomic mass is 10.1. The summed E-state index contributed by atoms with van der Waals surface area (Å²) in [5.41, 5.74) is 0.453. The Kier molecular flexibility index (Phi) is 4.52. The van der Waals surface area contributed by atoms with Gasteiger partial charge in [0.1, 0.15) is 6.04 Å². The van der Waals surface area contributed by atoms with Crippen LogP contribution in [0.3, 0.4) is 0 Å². The first kappa shape index (κ1) is 15.4. The standard InChI is InChI=1S/C14H15F2NO4/c15-10-3-1-8(5-11(10)16)2-4-13(19)17-7-9(18)6-12(17)14(20)21/h1,3,5,9,12,18H,2,4,6-7H2,(H,20,21)/t9-,12-/m1/s1. The van der Waals surface area contributed by atoms with Gasteiger partial charge in [-0.15, -0.1) is 0 Å². The number of aliphatic hydroxyl groups is 1. The number of aliphatic hydroxyl groups excluding tert-OH is 1. The van der Waals surface area contributed by atoms with Crippen LogP contribution in [0.2, 0.25) is 0 Å². The zero-order chi connectivity index (χ0) is 15.6. The summed E-state index contributed by atoms with van der Waals surface area (Å²) in [6.07, 6.45) is -0.693. The van der Waals surface area contributed by atoms with Gasteiger partial charge >= 0.3 is 5.97 Å². The third-order valence-corrected chi connectivity index (χ3v) is 3.50. The normalized spacial score (nSPS) is 21.6. The molecule has 21 heavy (non-hydrogen) atoms. The van der Waals surface area contributed by atoms with Crippen molar-refractivity contribution in [2.75, 3.05) is 6.54 Å². The van der Waals surface area contributed by atoms with Crippen LogP contribution in [0, 0.1) is 11.6 Å². The second kappa shape index (κ2) is 6.17. The van der Waals surface area contributed by atoms with Crippen LogP contribution in [-0.2, 0) is 16.0 Å². The Morgan fingerprint density at radius 1 is 1.29 bits per heavy atom. The third kappa shape index (κ3) is 3.55. The number of rotatable bonds is 4. The van der Waals surface area contributed by atoms with Crippen molar-refractivity contribution in [1.82, 2.24) is 4.90 Å². The Labute approximate surface area is 119 Å². The van der Waals surface area contributed by atoms with Crippen LogP contribution in [0.5, 0.6) is 0 Å². The van der Waals surface area contributed by atoms with Gasteiger partial charge in [-0.05, 0) is 24.1 Å². The molecule has 0 radical (unpaired) electrons. The van der Waals surface area contributed by atoms with Crippen molar-refractivity contribution in [3.63, 3.8) is 0 Å². The fraction of sp³-hybridized carbons (Fsp3) is 0.429. The maximum atomic E-state index is 13.0. The van der Waals surface area contributed by atoms with E-state index < -0.39 is 35.7 Å². The van der Waals surface area contributed by atoms with E-state index in [1.165, 1.54) is 6.07 Å². The van der Waals surface area contributed by atoms with E-state index in [9.17, 15) is 23.5 Å². The minimum Gasteiger partial charge on any atom is -0.480 e. The fourth-order valence-electron chi connectivity index (χ4n) is 2.41. The summed E-state index contributed by atoms with van der Waals surface area (Å²) in [5.74, 6) is -3.53. The molecule has 0 spiro atoms. The molecular weight excluding hydrogens is 284 g/mol. The Bertz CT molecular complexity index is 564. The molecule has 1 heterocycles. The largest absolute Gasteiger partial charge is 0.480 e. The molecule has 1 aromatic rings. The lowest BCUT2D eigenvalue weighted by Crippen LogP contribution is -2.40. The summed E-state index contributed by atoms with van der Waals surface area (Å²) in [6.45, 7) is -0.0203. The number of halogens is 2. The van der Waals surface area contributed by atoms with Gasteiger partial charge in [0, 0.05) is 19.4 Å². The molecular formula is C14H15F2NO4. The average molecular weight is 299 g/mol. The first-order chi connectivity index (χ1) is 9.88. The highest BCUT2D eigenvalue weighted by atomic mass is 19.2. The predicted octanol–water partition coefficient (Wildman–Crippen LogP) is 0.944. The van der Waals surface area contributed by atoms with Gasteiger partial charge in [0.05, 0.1) is 6.10 Å². The molecule has 2 rings (SSSR count). The van der Waals surface area contributed by atoms with E-state index in [2.05, 4.69) is 0 Å². The number of hydrogen-bond acceptors (Lipinski definition) is 3. The molecule has 0 aliphatic carbocycles. The van der Waals surface area contributed by atoms with E-state index in [4.69, 9.17) is 5.11 Å². The summed E-state index contributed by atoms with van der Waals surface area (Å²) in [7, 11) is 0. The number of carboxylic acid groups (broad SMARTS) is 1. The highest BCUT2D eigenvalue weighted by Gasteiger charge is 2.38. The number of amides is 1. The molecule has 0 aromatic heterocycles. The zero-order valence-electron chi connectivity index (χ0n) is 11.1. The number of likely N-dealkylation sites (tertiary alicyclic amines) is 1. The summed E-state index contributed by atoms with van der Waals surface area (Å²) >= 11 is 0. The Morgan fingerprint density at radius 3 is 2.62 bits per heavy atom. The highest BCUT2D eigenvalue weighted by molar-refractivity contribution is 5.84. The quantitative estimate of drug-likeness (QED) is 0.867. The molecule has 1 aromatic carbocycles. The average Bonchev–Trinajstić information content (AvgIpc) is 2.82. The molecule has 0 bridgehead atoms.